The summed E-state index contributed by atoms with van der Waals surface area (Å²) < 4.78 is 35.9. The summed E-state index contributed by atoms with van der Waals surface area (Å²) >= 11 is 0. The lowest BCUT2D eigenvalue weighted by Gasteiger charge is -2.37. The van der Waals surface area contributed by atoms with Gasteiger partial charge in [0.2, 0.25) is 0 Å². The van der Waals surface area contributed by atoms with Crippen molar-refractivity contribution >= 4 is 0 Å². The van der Waals surface area contributed by atoms with E-state index in [1.165, 1.54) is 25.7 Å². The maximum Gasteiger partial charge on any atom is 0.389 e. The Balaban J connectivity index is 2.07. The summed E-state index contributed by atoms with van der Waals surface area (Å²) in [6, 6.07) is 0. The second-order valence-corrected chi connectivity index (χ2v) is 7.01. The van der Waals surface area contributed by atoms with Crippen molar-refractivity contribution in [2.45, 2.75) is 65.5 Å². The van der Waals surface area contributed by atoms with Crippen LogP contribution in [-0.2, 0) is 0 Å². The predicted molar refractivity (Wildman–Crippen MR) is 73.1 cm³/mol. The Morgan fingerprint density at radius 3 is 2.05 bits per heavy atom. The molecule has 1 aliphatic carbocycles. The summed E-state index contributed by atoms with van der Waals surface area (Å²) in [5.74, 6) is 1.46. The lowest BCUT2D eigenvalue weighted by atomic mass is 9.70. The van der Waals surface area contributed by atoms with Crippen LogP contribution in [0, 0.1) is 17.3 Å². The predicted octanol–water partition coefficient (Wildman–Crippen LogP) is 4.77. The molecule has 1 rings (SSSR count). The number of hydrogen-bond donors (Lipinski definition) is 1. The van der Waals surface area contributed by atoms with Crippen molar-refractivity contribution < 1.29 is 13.2 Å². The van der Waals surface area contributed by atoms with Gasteiger partial charge in [-0.25, -0.2) is 0 Å². The average Bonchev–Trinajstić information content (AvgIpc) is 2.26. The molecule has 0 aromatic heterocycles. The second kappa shape index (κ2) is 6.96. The van der Waals surface area contributed by atoms with Crippen LogP contribution in [-0.4, -0.2) is 19.3 Å². The molecule has 0 heterocycles. The molecule has 0 aromatic carbocycles. The van der Waals surface area contributed by atoms with E-state index in [0.717, 1.165) is 12.5 Å². The van der Waals surface area contributed by atoms with Crippen LogP contribution in [0.1, 0.15) is 59.3 Å². The van der Waals surface area contributed by atoms with Gasteiger partial charge in [0.1, 0.15) is 0 Å². The van der Waals surface area contributed by atoms with Crippen molar-refractivity contribution in [1.82, 2.24) is 5.32 Å². The molecule has 1 aliphatic rings. The lowest BCUT2D eigenvalue weighted by Crippen LogP contribution is -2.31. The first-order valence-electron chi connectivity index (χ1n) is 7.46. The summed E-state index contributed by atoms with van der Waals surface area (Å²) in [7, 11) is 0. The fourth-order valence-corrected chi connectivity index (χ4v) is 2.95. The van der Waals surface area contributed by atoms with Gasteiger partial charge in [-0.05, 0) is 62.4 Å². The minimum absolute atomic E-state index is 0.195. The molecule has 1 N–H and O–H groups in total. The van der Waals surface area contributed by atoms with Gasteiger partial charge in [-0.15, -0.1) is 0 Å². The molecule has 0 aromatic rings. The first kappa shape index (κ1) is 16.8. The number of alkyl halides is 3. The van der Waals surface area contributed by atoms with Gasteiger partial charge >= 0.3 is 6.18 Å². The van der Waals surface area contributed by atoms with E-state index in [9.17, 15) is 13.2 Å². The molecule has 19 heavy (non-hydrogen) atoms. The van der Waals surface area contributed by atoms with Gasteiger partial charge in [-0.2, -0.15) is 13.2 Å². The van der Waals surface area contributed by atoms with Crippen LogP contribution in [0.5, 0.6) is 0 Å². The van der Waals surface area contributed by atoms with Crippen LogP contribution < -0.4 is 5.32 Å². The zero-order valence-corrected chi connectivity index (χ0v) is 12.4. The minimum Gasteiger partial charge on any atom is -0.316 e. The van der Waals surface area contributed by atoms with E-state index in [-0.39, 0.29) is 6.42 Å². The van der Waals surface area contributed by atoms with Gasteiger partial charge in [-0.1, -0.05) is 20.8 Å². The van der Waals surface area contributed by atoms with Crippen LogP contribution in [0.2, 0.25) is 0 Å². The Morgan fingerprint density at radius 1 is 1.00 bits per heavy atom. The number of hydrogen-bond acceptors (Lipinski definition) is 1. The first-order chi connectivity index (χ1) is 8.68. The largest absolute Gasteiger partial charge is 0.389 e. The van der Waals surface area contributed by atoms with Crippen molar-refractivity contribution in [3.8, 4) is 0 Å². The Hall–Kier alpha value is -0.250. The third-order valence-corrected chi connectivity index (χ3v) is 4.32. The van der Waals surface area contributed by atoms with E-state index >= 15 is 0 Å². The van der Waals surface area contributed by atoms with E-state index in [1.807, 2.05) is 0 Å². The Bertz CT molecular complexity index is 247. The van der Waals surface area contributed by atoms with Crippen molar-refractivity contribution in [3.05, 3.63) is 0 Å². The summed E-state index contributed by atoms with van der Waals surface area (Å²) in [5, 5.41) is 3.18. The zero-order valence-electron chi connectivity index (χ0n) is 12.4. The summed E-state index contributed by atoms with van der Waals surface area (Å²) in [4.78, 5) is 0. The lowest BCUT2D eigenvalue weighted by molar-refractivity contribution is -0.135. The minimum atomic E-state index is -4.01. The molecule has 1 nitrogen and oxygen atoms in total. The molecule has 0 atom stereocenters. The second-order valence-electron chi connectivity index (χ2n) is 7.01. The molecule has 0 unspecified atom stereocenters. The highest BCUT2D eigenvalue weighted by atomic mass is 19.4. The van der Waals surface area contributed by atoms with Gasteiger partial charge in [0.05, 0.1) is 0 Å². The van der Waals surface area contributed by atoms with Gasteiger partial charge in [0.25, 0.3) is 0 Å². The van der Waals surface area contributed by atoms with Crippen molar-refractivity contribution in [2.24, 2.45) is 17.3 Å². The molecule has 0 saturated heterocycles. The highest BCUT2D eigenvalue weighted by Gasteiger charge is 2.29. The molecule has 0 bridgehead atoms. The Morgan fingerprint density at radius 2 is 1.58 bits per heavy atom. The van der Waals surface area contributed by atoms with E-state index in [2.05, 4.69) is 26.1 Å². The summed E-state index contributed by atoms with van der Waals surface area (Å²) in [6.07, 6.45) is 0.475. The highest BCUT2D eigenvalue weighted by Crippen LogP contribution is 2.39. The van der Waals surface area contributed by atoms with E-state index in [1.54, 1.807) is 0 Å². The van der Waals surface area contributed by atoms with Crippen LogP contribution in [0.15, 0.2) is 0 Å². The smallest absolute Gasteiger partial charge is 0.316 e. The third kappa shape index (κ3) is 7.19. The van der Waals surface area contributed by atoms with Crippen molar-refractivity contribution in [1.29, 1.82) is 0 Å². The fourth-order valence-electron chi connectivity index (χ4n) is 2.95. The highest BCUT2D eigenvalue weighted by molar-refractivity contribution is 4.81. The third-order valence-electron chi connectivity index (χ3n) is 4.32. The SMILES string of the molecule is CC(C)(C)C1CCC(CNCCCC(F)(F)F)CC1. The molecule has 0 aliphatic heterocycles. The van der Waals surface area contributed by atoms with Crippen LogP contribution in [0.3, 0.4) is 0 Å². The summed E-state index contributed by atoms with van der Waals surface area (Å²) in [6.45, 7) is 8.27. The molecule has 114 valence electrons. The van der Waals surface area contributed by atoms with Crippen molar-refractivity contribution in [2.75, 3.05) is 13.1 Å². The quantitative estimate of drug-likeness (QED) is 0.715. The number of rotatable bonds is 5. The maximum atomic E-state index is 12.0. The number of halogens is 3. The maximum absolute atomic E-state index is 12.0. The molecular formula is C15H28F3N. The topological polar surface area (TPSA) is 12.0 Å². The van der Waals surface area contributed by atoms with Crippen LogP contribution in [0.4, 0.5) is 13.2 Å². The first-order valence-corrected chi connectivity index (χ1v) is 7.46. The molecule has 0 radical (unpaired) electrons. The normalized spacial score (nSPS) is 25.6. The van der Waals surface area contributed by atoms with E-state index in [0.29, 0.717) is 17.9 Å². The fraction of sp³-hybridized carbons (Fsp3) is 1.00. The standard InChI is InChI=1S/C15H28F3N/c1-14(2,3)13-7-5-12(6-8-13)11-19-10-4-9-15(16,17)18/h12-13,19H,4-11H2,1-3H3. The Labute approximate surface area is 115 Å². The van der Waals surface area contributed by atoms with E-state index in [4.69, 9.17) is 0 Å². The van der Waals surface area contributed by atoms with Gasteiger partial charge < -0.3 is 5.32 Å². The molecule has 1 saturated carbocycles. The van der Waals surface area contributed by atoms with Gasteiger partial charge in [0, 0.05) is 6.42 Å². The monoisotopic (exact) mass is 279 g/mol. The van der Waals surface area contributed by atoms with Gasteiger partial charge in [0.15, 0.2) is 0 Å². The van der Waals surface area contributed by atoms with Gasteiger partial charge in [-0.3, -0.25) is 0 Å². The van der Waals surface area contributed by atoms with Crippen molar-refractivity contribution in [3.63, 3.8) is 0 Å². The van der Waals surface area contributed by atoms with Crippen LogP contribution >= 0.6 is 0 Å². The Kier molecular flexibility index (Phi) is 6.15. The average molecular weight is 279 g/mol. The molecule has 0 spiro atoms. The number of nitrogens with one attached hydrogen (secondary N) is 1. The molecule has 0 amide bonds. The summed E-state index contributed by atoms with van der Waals surface area (Å²) in [5.41, 5.74) is 0.394. The molecular weight excluding hydrogens is 251 g/mol. The van der Waals surface area contributed by atoms with E-state index < -0.39 is 12.6 Å². The molecule has 1 fully saturated rings. The zero-order chi connectivity index (χ0) is 14.5. The molecule has 4 heteroatoms. The van der Waals surface area contributed by atoms with Crippen LogP contribution in [0.25, 0.3) is 0 Å².